The van der Waals surface area contributed by atoms with Crippen LogP contribution in [0.3, 0.4) is 0 Å². The number of rotatable bonds is 5. The minimum absolute atomic E-state index is 0.391. The third-order valence-corrected chi connectivity index (χ3v) is 4.98. The molecule has 2 N–H and O–H groups in total. The number of methoxy groups -OCH3 is 2. The van der Waals surface area contributed by atoms with Crippen LogP contribution in [0.1, 0.15) is 24.3 Å². The molecule has 4 heteroatoms. The van der Waals surface area contributed by atoms with Crippen molar-refractivity contribution in [2.45, 2.75) is 18.8 Å². The molecule has 1 atom stereocenters. The monoisotopic (exact) mass is 281 g/mol. The second kappa shape index (κ2) is 7.06. The summed E-state index contributed by atoms with van der Waals surface area (Å²) in [5.74, 6) is 5.29. The largest absolute Gasteiger partial charge is 0.497 e. The fraction of sp³-hybridized carbons (Fsp3) is 0.600. The SMILES string of the molecule is COc1ccc(C(CN)C2CCSCC2)c(OC)c1. The topological polar surface area (TPSA) is 44.5 Å². The van der Waals surface area contributed by atoms with Gasteiger partial charge in [-0.1, -0.05) is 6.07 Å². The molecule has 106 valence electrons. The molecule has 0 spiro atoms. The Balaban J connectivity index is 2.26. The zero-order valence-corrected chi connectivity index (χ0v) is 12.5. The minimum Gasteiger partial charge on any atom is -0.497 e. The molecule has 0 aliphatic carbocycles. The maximum Gasteiger partial charge on any atom is 0.126 e. The first-order valence-electron chi connectivity index (χ1n) is 6.80. The number of thioether (sulfide) groups is 1. The highest BCUT2D eigenvalue weighted by Crippen LogP contribution is 2.39. The third kappa shape index (κ3) is 3.37. The predicted molar refractivity (Wildman–Crippen MR) is 81.4 cm³/mol. The van der Waals surface area contributed by atoms with Gasteiger partial charge in [-0.05, 0) is 48.4 Å². The first-order chi connectivity index (χ1) is 9.30. The molecule has 19 heavy (non-hydrogen) atoms. The highest BCUT2D eigenvalue weighted by atomic mass is 32.2. The van der Waals surface area contributed by atoms with Crippen molar-refractivity contribution in [2.24, 2.45) is 11.7 Å². The first kappa shape index (κ1) is 14.5. The third-order valence-electron chi connectivity index (χ3n) is 3.93. The van der Waals surface area contributed by atoms with Crippen molar-refractivity contribution in [3.63, 3.8) is 0 Å². The van der Waals surface area contributed by atoms with Crippen molar-refractivity contribution < 1.29 is 9.47 Å². The molecule has 0 aromatic heterocycles. The molecule has 1 aromatic rings. The van der Waals surface area contributed by atoms with E-state index in [1.807, 2.05) is 23.9 Å². The van der Waals surface area contributed by atoms with Gasteiger partial charge in [-0.15, -0.1) is 0 Å². The molecule has 0 bridgehead atoms. The molecule has 2 rings (SSSR count). The van der Waals surface area contributed by atoms with Gasteiger partial charge in [-0.3, -0.25) is 0 Å². The Morgan fingerprint density at radius 2 is 2.00 bits per heavy atom. The van der Waals surface area contributed by atoms with Gasteiger partial charge in [0.25, 0.3) is 0 Å². The van der Waals surface area contributed by atoms with E-state index < -0.39 is 0 Å². The van der Waals surface area contributed by atoms with Gasteiger partial charge in [-0.25, -0.2) is 0 Å². The lowest BCUT2D eigenvalue weighted by Gasteiger charge is -2.30. The quantitative estimate of drug-likeness (QED) is 0.901. The van der Waals surface area contributed by atoms with E-state index in [0.29, 0.717) is 18.4 Å². The van der Waals surface area contributed by atoms with Crippen LogP contribution in [0, 0.1) is 5.92 Å². The summed E-state index contributed by atoms with van der Waals surface area (Å²) in [4.78, 5) is 0. The zero-order chi connectivity index (χ0) is 13.7. The molecule has 1 aliphatic rings. The lowest BCUT2D eigenvalue weighted by Crippen LogP contribution is -2.25. The van der Waals surface area contributed by atoms with Crippen LogP contribution in [0.25, 0.3) is 0 Å². The van der Waals surface area contributed by atoms with Crippen molar-refractivity contribution in [3.8, 4) is 11.5 Å². The van der Waals surface area contributed by atoms with Crippen molar-refractivity contribution in [2.75, 3.05) is 32.3 Å². The number of hydrogen-bond donors (Lipinski definition) is 1. The van der Waals surface area contributed by atoms with Gasteiger partial charge in [0.05, 0.1) is 14.2 Å². The average Bonchev–Trinajstić information content (AvgIpc) is 2.49. The van der Waals surface area contributed by atoms with Crippen LogP contribution in [0.4, 0.5) is 0 Å². The van der Waals surface area contributed by atoms with E-state index in [2.05, 4.69) is 6.07 Å². The smallest absolute Gasteiger partial charge is 0.126 e. The molecule has 1 heterocycles. The molecule has 1 aromatic carbocycles. The number of hydrogen-bond acceptors (Lipinski definition) is 4. The fourth-order valence-electron chi connectivity index (χ4n) is 2.82. The van der Waals surface area contributed by atoms with E-state index >= 15 is 0 Å². The zero-order valence-electron chi connectivity index (χ0n) is 11.7. The van der Waals surface area contributed by atoms with Crippen LogP contribution in [0.15, 0.2) is 18.2 Å². The molecule has 3 nitrogen and oxygen atoms in total. The van der Waals surface area contributed by atoms with Crippen molar-refractivity contribution >= 4 is 11.8 Å². The van der Waals surface area contributed by atoms with Crippen LogP contribution in [0.5, 0.6) is 11.5 Å². The molecule has 1 saturated heterocycles. The van der Waals surface area contributed by atoms with E-state index in [1.165, 1.54) is 29.9 Å². The predicted octanol–water partition coefficient (Wildman–Crippen LogP) is 2.89. The van der Waals surface area contributed by atoms with E-state index in [1.54, 1.807) is 14.2 Å². The van der Waals surface area contributed by atoms with Gasteiger partial charge in [0.2, 0.25) is 0 Å². The van der Waals surface area contributed by atoms with Crippen LogP contribution in [-0.2, 0) is 0 Å². The Morgan fingerprint density at radius 3 is 2.58 bits per heavy atom. The molecule has 0 saturated carbocycles. The van der Waals surface area contributed by atoms with E-state index in [-0.39, 0.29) is 0 Å². The van der Waals surface area contributed by atoms with Crippen LogP contribution < -0.4 is 15.2 Å². The molecule has 1 fully saturated rings. The summed E-state index contributed by atoms with van der Waals surface area (Å²) in [6.45, 7) is 0.679. The van der Waals surface area contributed by atoms with Crippen LogP contribution in [0.2, 0.25) is 0 Å². The van der Waals surface area contributed by atoms with Gasteiger partial charge in [0.15, 0.2) is 0 Å². The van der Waals surface area contributed by atoms with Gasteiger partial charge in [0, 0.05) is 12.0 Å². The fourth-order valence-corrected chi connectivity index (χ4v) is 3.96. The molecule has 1 aliphatic heterocycles. The Hall–Kier alpha value is -0.870. The Labute approximate surface area is 119 Å². The highest BCUT2D eigenvalue weighted by Gasteiger charge is 2.26. The second-order valence-corrected chi connectivity index (χ2v) is 6.12. The summed E-state index contributed by atoms with van der Waals surface area (Å²) in [7, 11) is 3.38. The summed E-state index contributed by atoms with van der Waals surface area (Å²) >= 11 is 2.05. The summed E-state index contributed by atoms with van der Waals surface area (Å²) < 4.78 is 10.8. The number of nitrogens with two attached hydrogens (primary N) is 1. The summed E-state index contributed by atoms with van der Waals surface area (Å²) in [6, 6.07) is 6.06. The molecule has 0 amide bonds. The Bertz CT molecular complexity index is 405. The highest BCUT2D eigenvalue weighted by molar-refractivity contribution is 7.99. The maximum atomic E-state index is 6.04. The lowest BCUT2D eigenvalue weighted by molar-refractivity contribution is 0.363. The Morgan fingerprint density at radius 1 is 1.26 bits per heavy atom. The van der Waals surface area contributed by atoms with Crippen LogP contribution in [-0.4, -0.2) is 32.3 Å². The van der Waals surface area contributed by atoms with Crippen molar-refractivity contribution in [3.05, 3.63) is 23.8 Å². The summed E-state index contributed by atoms with van der Waals surface area (Å²) in [5.41, 5.74) is 7.26. The summed E-state index contributed by atoms with van der Waals surface area (Å²) in [5, 5.41) is 0. The first-order valence-corrected chi connectivity index (χ1v) is 7.95. The molecular formula is C15H23NO2S. The molecule has 0 radical (unpaired) electrons. The number of benzene rings is 1. The van der Waals surface area contributed by atoms with E-state index in [0.717, 1.165) is 11.5 Å². The minimum atomic E-state index is 0.391. The van der Waals surface area contributed by atoms with Crippen LogP contribution >= 0.6 is 11.8 Å². The normalized spacial score (nSPS) is 18.1. The second-order valence-electron chi connectivity index (χ2n) is 4.90. The average molecular weight is 281 g/mol. The van der Waals surface area contributed by atoms with Gasteiger partial charge in [0.1, 0.15) is 11.5 Å². The van der Waals surface area contributed by atoms with E-state index in [4.69, 9.17) is 15.2 Å². The van der Waals surface area contributed by atoms with Gasteiger partial charge in [-0.2, -0.15) is 11.8 Å². The number of ether oxygens (including phenoxy) is 2. The van der Waals surface area contributed by atoms with Gasteiger partial charge < -0.3 is 15.2 Å². The lowest BCUT2D eigenvalue weighted by atomic mass is 9.82. The maximum absolute atomic E-state index is 6.04. The molecular weight excluding hydrogens is 258 g/mol. The molecule has 1 unspecified atom stereocenters. The van der Waals surface area contributed by atoms with Crippen molar-refractivity contribution in [1.29, 1.82) is 0 Å². The standard InChI is InChI=1S/C15H23NO2S/c1-17-12-3-4-13(15(9-12)18-2)14(10-16)11-5-7-19-8-6-11/h3-4,9,11,14H,5-8,10,16H2,1-2H3. The van der Waals surface area contributed by atoms with Crippen molar-refractivity contribution in [1.82, 2.24) is 0 Å². The van der Waals surface area contributed by atoms with E-state index in [9.17, 15) is 0 Å². The van der Waals surface area contributed by atoms with Gasteiger partial charge >= 0.3 is 0 Å². The summed E-state index contributed by atoms with van der Waals surface area (Å²) in [6.07, 6.45) is 2.50. The Kier molecular flexibility index (Phi) is 5.40.